The maximum Gasteiger partial charge on any atom is 0.312 e. The number of anilines is 1. The Kier molecular flexibility index (Phi) is 16.1. The molecular formula is C47H65ClN4O12. The van der Waals surface area contributed by atoms with Crippen molar-refractivity contribution in [1.29, 1.82) is 0 Å². The van der Waals surface area contributed by atoms with Crippen LogP contribution in [0.4, 0.5) is 5.69 Å². The molecule has 0 radical (unpaired) electrons. The van der Waals surface area contributed by atoms with Gasteiger partial charge in [0.15, 0.2) is 5.75 Å². The third-order valence-electron chi connectivity index (χ3n) is 13.5. The van der Waals surface area contributed by atoms with E-state index in [4.69, 9.17) is 18.9 Å². The Morgan fingerprint density at radius 2 is 1.58 bits per heavy atom. The maximum absolute atomic E-state index is 14.5. The molecule has 5 bridgehead atoms. The number of carbonyl (C=O) groups excluding carboxylic acids is 3. The second-order valence-electron chi connectivity index (χ2n) is 17.8. The molecule has 0 spiro atoms. The second-order valence-corrected chi connectivity index (χ2v) is 17.8. The van der Waals surface area contributed by atoms with Gasteiger partial charge in [0, 0.05) is 93.4 Å². The van der Waals surface area contributed by atoms with Gasteiger partial charge in [0.25, 0.3) is 11.7 Å². The van der Waals surface area contributed by atoms with Crippen LogP contribution < -0.4 is 10.1 Å². The fraction of sp³-hybridized carbons (Fsp3) is 0.574. The average molecular weight is 914 g/mol. The number of piperazine rings is 1. The number of hydrogen-bond donors (Lipinski definition) is 6. The van der Waals surface area contributed by atoms with Crippen molar-refractivity contribution in [2.75, 3.05) is 38.6 Å². The number of methoxy groups -OCH3 is 1. The topological polar surface area (TPSA) is 220 Å². The van der Waals surface area contributed by atoms with E-state index in [1.807, 2.05) is 5.01 Å². The van der Waals surface area contributed by atoms with E-state index in [2.05, 4.69) is 15.3 Å². The molecule has 2 fully saturated rings. The van der Waals surface area contributed by atoms with Gasteiger partial charge in [-0.25, -0.2) is 0 Å². The minimum absolute atomic E-state index is 0. The summed E-state index contributed by atoms with van der Waals surface area (Å²) in [6.07, 6.45) is 9.75. The van der Waals surface area contributed by atoms with Gasteiger partial charge in [-0.05, 0) is 32.8 Å². The number of aliphatic hydroxyl groups excluding tert-OH is 2. The summed E-state index contributed by atoms with van der Waals surface area (Å²) < 4.78 is 23.7. The lowest BCUT2D eigenvalue weighted by atomic mass is 9.78. The molecule has 1 saturated heterocycles. The first-order valence-electron chi connectivity index (χ1n) is 21.9. The normalized spacial score (nSPS) is 30.0. The van der Waals surface area contributed by atoms with Gasteiger partial charge in [-0.15, -0.1) is 12.4 Å². The summed E-state index contributed by atoms with van der Waals surface area (Å²) in [4.78, 5) is 43.2. The van der Waals surface area contributed by atoms with Crippen LogP contribution >= 0.6 is 12.4 Å². The number of esters is 1. The zero-order valence-corrected chi connectivity index (χ0v) is 39.0. The van der Waals surface area contributed by atoms with Gasteiger partial charge in [0.1, 0.15) is 23.4 Å². The molecule has 4 heterocycles. The van der Waals surface area contributed by atoms with Gasteiger partial charge in [-0.1, -0.05) is 58.8 Å². The Bertz CT molecular complexity index is 2200. The number of carbonyl (C=O) groups is 3. The second kappa shape index (κ2) is 20.5. The number of phenols is 3. The van der Waals surface area contributed by atoms with E-state index >= 15 is 0 Å². The highest BCUT2D eigenvalue weighted by Gasteiger charge is 2.50. The fourth-order valence-corrected chi connectivity index (χ4v) is 9.47. The quantitative estimate of drug-likeness (QED) is 0.0869. The number of Topliss-reactive ketones (excluding diaryl/α,β-unsaturated/α-hetero) is 1. The zero-order chi connectivity index (χ0) is 46.1. The van der Waals surface area contributed by atoms with Crippen molar-refractivity contribution < 1.29 is 58.9 Å². The van der Waals surface area contributed by atoms with Crippen molar-refractivity contribution in [3.05, 3.63) is 52.8 Å². The number of rotatable bonds is 5. The average Bonchev–Trinajstić information content (AvgIpc) is 3.89. The summed E-state index contributed by atoms with van der Waals surface area (Å²) in [6.45, 7) is 15.4. The van der Waals surface area contributed by atoms with Crippen LogP contribution in [-0.4, -0.2) is 129 Å². The minimum Gasteiger partial charge on any atom is -0.507 e. The van der Waals surface area contributed by atoms with E-state index < -0.39 is 88.8 Å². The third kappa shape index (κ3) is 9.86. The zero-order valence-electron chi connectivity index (χ0n) is 38.2. The van der Waals surface area contributed by atoms with Crippen LogP contribution in [0.2, 0.25) is 0 Å². The predicted octanol–water partition coefficient (Wildman–Crippen LogP) is 6.07. The lowest BCUT2D eigenvalue weighted by molar-refractivity contribution is -0.160. The number of aromatic hydroxyl groups is 3. The summed E-state index contributed by atoms with van der Waals surface area (Å²) in [6, 6.07) is 0.553. The molecule has 5 aliphatic rings. The van der Waals surface area contributed by atoms with Crippen molar-refractivity contribution in [2.45, 2.75) is 117 Å². The SMILES string of the molecule is COC1C=CO[C@@]2(C)Oc3c(C)c(O)c4c(O)c(c(C=NN5CCN(C6CCCC6)CC5)c(O)c4c3C2=O)NC(=O)C(C)=CC=CC(C)C(O)C(C)C(O)C(C)C(OC(C)=O)C1C.Cl. The number of fused-ring (bicyclic) bond motifs is 14. The van der Waals surface area contributed by atoms with Crippen molar-refractivity contribution in [1.82, 2.24) is 9.91 Å². The largest absolute Gasteiger partial charge is 0.507 e. The number of hydrazone groups is 1. The monoisotopic (exact) mass is 912 g/mol. The first-order chi connectivity index (χ1) is 29.8. The Balaban J connectivity index is 0.00000771. The lowest BCUT2D eigenvalue weighted by Gasteiger charge is -2.38. The number of allylic oxidation sites excluding steroid dienone is 2. The van der Waals surface area contributed by atoms with E-state index in [9.17, 15) is 39.9 Å². The number of nitrogens with zero attached hydrogens (tertiary/aromatic N) is 3. The highest BCUT2D eigenvalue weighted by atomic mass is 35.5. The Hall–Kier alpha value is -4.87. The molecule has 2 aromatic rings. The summed E-state index contributed by atoms with van der Waals surface area (Å²) in [5, 5.41) is 67.6. The fourth-order valence-electron chi connectivity index (χ4n) is 9.47. The number of ketones is 1. The molecule has 1 saturated carbocycles. The number of amides is 1. The van der Waals surface area contributed by atoms with Crippen LogP contribution in [0.15, 0.2) is 41.2 Å². The number of hydrogen-bond acceptors (Lipinski definition) is 15. The van der Waals surface area contributed by atoms with Crippen LogP contribution in [0.25, 0.3) is 10.8 Å². The third-order valence-corrected chi connectivity index (χ3v) is 13.5. The molecule has 16 nitrogen and oxygen atoms in total. The summed E-state index contributed by atoms with van der Waals surface area (Å²) >= 11 is 0. The molecule has 6 N–H and O–H groups in total. The molecule has 64 heavy (non-hydrogen) atoms. The number of aliphatic hydroxyl groups is 2. The van der Waals surface area contributed by atoms with E-state index in [-0.39, 0.29) is 56.9 Å². The number of halogens is 1. The summed E-state index contributed by atoms with van der Waals surface area (Å²) in [5.74, 6) is -8.28. The van der Waals surface area contributed by atoms with E-state index in [0.717, 1.165) is 13.1 Å². The van der Waals surface area contributed by atoms with Crippen LogP contribution in [-0.2, 0) is 23.8 Å². The molecule has 7 rings (SSSR count). The van der Waals surface area contributed by atoms with Crippen molar-refractivity contribution in [2.24, 2.45) is 28.8 Å². The van der Waals surface area contributed by atoms with Gasteiger partial charge < -0.3 is 49.8 Å². The van der Waals surface area contributed by atoms with Gasteiger partial charge in [0.2, 0.25) is 0 Å². The predicted molar refractivity (Wildman–Crippen MR) is 244 cm³/mol. The molecule has 2 aromatic carbocycles. The van der Waals surface area contributed by atoms with Crippen molar-refractivity contribution >= 4 is 52.7 Å². The molecule has 1 amide bonds. The molecule has 0 aromatic heterocycles. The first kappa shape index (κ1) is 50.1. The molecule has 17 heteroatoms. The molecule has 4 aliphatic heterocycles. The van der Waals surface area contributed by atoms with E-state index in [1.165, 1.54) is 85.1 Å². The molecule has 8 unspecified atom stereocenters. The lowest BCUT2D eigenvalue weighted by Crippen LogP contribution is -2.47. The smallest absolute Gasteiger partial charge is 0.312 e. The van der Waals surface area contributed by atoms with Crippen LogP contribution in [0.5, 0.6) is 23.0 Å². The van der Waals surface area contributed by atoms with E-state index in [0.29, 0.717) is 19.1 Å². The first-order valence-corrected chi connectivity index (χ1v) is 21.9. The molecule has 1 aliphatic carbocycles. The van der Waals surface area contributed by atoms with Crippen molar-refractivity contribution in [3.63, 3.8) is 0 Å². The van der Waals surface area contributed by atoms with Crippen LogP contribution in [0, 0.1) is 30.6 Å². The molecular weight excluding hydrogens is 848 g/mol. The minimum atomic E-state index is -2.04. The molecule has 352 valence electrons. The van der Waals surface area contributed by atoms with Crippen molar-refractivity contribution in [3.8, 4) is 23.0 Å². The van der Waals surface area contributed by atoms with Crippen LogP contribution in [0.3, 0.4) is 0 Å². The standard InChI is InChI=1S/C47H64N4O12.ClH/c1-24-13-12-14-25(2)46(59)49-37-32(23-48-51-20-18-50(19-21-51)31-15-10-11-16-31)41(56)34-35(42(37)57)40(55)29(6)44-36(34)45(58)47(8,63-44)61-22-17-33(60-9)26(3)43(62-30(7)52)28(5)39(54)27(4)38(24)53;/h12-14,17,22-24,26-28,31,33,38-39,43,53-57H,10-11,15-16,18-21H2,1-9H3,(H,49,59);1H/t24?,26?,27?,28?,33?,38?,39?,43?,47-;/m0./s1. The van der Waals surface area contributed by atoms with Crippen LogP contribution in [0.1, 0.15) is 95.6 Å². The number of nitrogens with one attached hydrogen (secondary N) is 1. The molecule has 9 atom stereocenters. The highest BCUT2D eigenvalue weighted by Crippen LogP contribution is 2.55. The Morgan fingerprint density at radius 3 is 2.20 bits per heavy atom. The number of phenolic OH excluding ortho intramolecular Hbond substituents is 3. The summed E-state index contributed by atoms with van der Waals surface area (Å²) in [5.41, 5.74) is -0.293. The Labute approximate surface area is 381 Å². The van der Waals surface area contributed by atoms with Gasteiger partial charge in [-0.3, -0.25) is 24.3 Å². The van der Waals surface area contributed by atoms with Gasteiger partial charge in [0.05, 0.1) is 53.0 Å². The Morgan fingerprint density at radius 1 is 0.922 bits per heavy atom. The van der Waals surface area contributed by atoms with Gasteiger partial charge in [-0.2, -0.15) is 5.10 Å². The maximum atomic E-state index is 14.5. The number of ether oxygens (including phenoxy) is 4. The van der Waals surface area contributed by atoms with E-state index in [1.54, 1.807) is 39.8 Å². The highest BCUT2D eigenvalue weighted by molar-refractivity contribution is 6.23. The van der Waals surface area contributed by atoms with Gasteiger partial charge >= 0.3 is 11.8 Å². The summed E-state index contributed by atoms with van der Waals surface area (Å²) in [7, 11) is 1.44. The number of benzene rings is 2.